The minimum absolute atomic E-state index is 0.0253. The molecule has 0 saturated heterocycles. The summed E-state index contributed by atoms with van der Waals surface area (Å²) >= 11 is 0. The Hall–Kier alpha value is -3.59. The highest BCUT2D eigenvalue weighted by Crippen LogP contribution is 2.19. The van der Waals surface area contributed by atoms with Gasteiger partial charge in [0.2, 0.25) is 0 Å². The van der Waals surface area contributed by atoms with Gasteiger partial charge in [0.1, 0.15) is 11.6 Å². The summed E-state index contributed by atoms with van der Waals surface area (Å²) < 4.78 is 4.72. The minimum Gasteiger partial charge on any atom is -0.469 e. The van der Waals surface area contributed by atoms with Crippen molar-refractivity contribution in [2.75, 3.05) is 26.1 Å². The number of amides is 1. The molecule has 1 unspecified atom stereocenters. The van der Waals surface area contributed by atoms with Gasteiger partial charge < -0.3 is 15.0 Å². The van der Waals surface area contributed by atoms with Crippen molar-refractivity contribution in [1.29, 1.82) is 5.26 Å². The van der Waals surface area contributed by atoms with Gasteiger partial charge in [-0.05, 0) is 29.3 Å². The van der Waals surface area contributed by atoms with E-state index in [9.17, 15) is 14.9 Å². The molecular weight excluding hydrogens is 354 g/mol. The fourth-order valence-electron chi connectivity index (χ4n) is 2.61. The van der Waals surface area contributed by atoms with E-state index in [-0.39, 0.29) is 12.0 Å². The fourth-order valence-corrected chi connectivity index (χ4v) is 2.61. The number of ether oxygens (including phenoxy) is 1. The van der Waals surface area contributed by atoms with Crippen LogP contribution in [0.3, 0.4) is 0 Å². The quantitative estimate of drug-likeness (QED) is 0.455. The third-order valence-electron chi connectivity index (χ3n) is 4.19. The highest BCUT2D eigenvalue weighted by Gasteiger charge is 2.20. The number of carbonyl (C=O) groups excluding carboxylic acids is 2. The normalized spacial score (nSPS) is 11.9. The number of rotatable bonds is 7. The average molecular weight is 377 g/mol. The van der Waals surface area contributed by atoms with E-state index in [1.807, 2.05) is 79.7 Å². The van der Waals surface area contributed by atoms with Crippen molar-refractivity contribution in [3.8, 4) is 6.07 Å². The van der Waals surface area contributed by atoms with Crippen molar-refractivity contribution in [3.63, 3.8) is 0 Å². The predicted molar refractivity (Wildman–Crippen MR) is 108 cm³/mol. The second-order valence-electron chi connectivity index (χ2n) is 6.37. The van der Waals surface area contributed by atoms with Crippen molar-refractivity contribution < 1.29 is 14.3 Å². The Morgan fingerprint density at radius 2 is 1.79 bits per heavy atom. The maximum Gasteiger partial charge on any atom is 0.307 e. The van der Waals surface area contributed by atoms with Crippen LogP contribution in [0.25, 0.3) is 6.08 Å². The molecule has 0 radical (unpaired) electrons. The van der Waals surface area contributed by atoms with Crippen molar-refractivity contribution in [2.24, 2.45) is 0 Å². The Balaban J connectivity index is 2.22. The molecule has 0 aliphatic rings. The molecule has 0 aliphatic carbocycles. The standard InChI is InChI=1S/C22H23N3O3/c1-25(2)19-11-9-16(10-12-19)13-18(15-23)22(27)24-20(14-21(26)28-3)17-7-5-4-6-8-17/h4-13,20H,14H2,1-3H3,(H,24,27). The first kappa shape index (κ1) is 20.7. The fraction of sp³-hybridized carbons (Fsp3) is 0.227. The van der Waals surface area contributed by atoms with Crippen molar-refractivity contribution >= 4 is 23.6 Å². The van der Waals surface area contributed by atoms with E-state index in [1.54, 1.807) is 0 Å². The molecule has 6 nitrogen and oxygen atoms in total. The molecular formula is C22H23N3O3. The van der Waals surface area contributed by atoms with Crippen molar-refractivity contribution in [3.05, 3.63) is 71.3 Å². The van der Waals surface area contributed by atoms with Gasteiger partial charge in [0.15, 0.2) is 0 Å². The zero-order chi connectivity index (χ0) is 20.5. The topological polar surface area (TPSA) is 82.4 Å². The Kier molecular flexibility index (Phi) is 7.35. The first-order valence-electron chi connectivity index (χ1n) is 8.76. The average Bonchev–Trinajstić information content (AvgIpc) is 2.72. The van der Waals surface area contributed by atoms with Gasteiger partial charge in [0, 0.05) is 19.8 Å². The maximum atomic E-state index is 12.6. The van der Waals surface area contributed by atoms with Crippen LogP contribution in [0, 0.1) is 11.3 Å². The summed E-state index contributed by atoms with van der Waals surface area (Å²) in [5.74, 6) is -0.993. The summed E-state index contributed by atoms with van der Waals surface area (Å²) in [6.07, 6.45) is 1.50. The third-order valence-corrected chi connectivity index (χ3v) is 4.19. The summed E-state index contributed by atoms with van der Waals surface area (Å²) in [5, 5.41) is 12.2. The van der Waals surface area contributed by atoms with E-state index in [2.05, 4.69) is 5.32 Å². The third kappa shape index (κ3) is 5.71. The number of nitrogens with one attached hydrogen (secondary N) is 1. The van der Waals surface area contributed by atoms with Gasteiger partial charge >= 0.3 is 5.97 Å². The van der Waals surface area contributed by atoms with Gasteiger partial charge in [0.25, 0.3) is 5.91 Å². The Labute approximate surface area is 165 Å². The summed E-state index contributed by atoms with van der Waals surface area (Å²) in [7, 11) is 5.16. The highest BCUT2D eigenvalue weighted by molar-refractivity contribution is 6.02. The van der Waals surface area contributed by atoms with Crippen LogP contribution in [0.15, 0.2) is 60.2 Å². The summed E-state index contributed by atoms with van der Waals surface area (Å²) in [4.78, 5) is 26.3. The van der Waals surface area contributed by atoms with E-state index in [1.165, 1.54) is 13.2 Å². The lowest BCUT2D eigenvalue weighted by molar-refractivity contribution is -0.141. The van der Waals surface area contributed by atoms with Crippen LogP contribution in [0.1, 0.15) is 23.6 Å². The number of benzene rings is 2. The number of nitrogens with zero attached hydrogens (tertiary/aromatic N) is 2. The number of esters is 1. The molecule has 28 heavy (non-hydrogen) atoms. The van der Waals surface area contributed by atoms with Crippen molar-refractivity contribution in [2.45, 2.75) is 12.5 Å². The Morgan fingerprint density at radius 1 is 1.14 bits per heavy atom. The molecule has 2 aromatic rings. The van der Waals surface area contributed by atoms with Crippen LogP contribution >= 0.6 is 0 Å². The van der Waals surface area contributed by atoms with Crippen LogP contribution in [-0.2, 0) is 14.3 Å². The van der Waals surface area contributed by atoms with Gasteiger partial charge in [-0.2, -0.15) is 5.26 Å². The second-order valence-corrected chi connectivity index (χ2v) is 6.37. The molecule has 1 N–H and O–H groups in total. The molecule has 0 bridgehead atoms. The van der Waals surface area contributed by atoms with Crippen LogP contribution < -0.4 is 10.2 Å². The first-order valence-corrected chi connectivity index (χ1v) is 8.76. The maximum absolute atomic E-state index is 12.6. The molecule has 1 amide bonds. The van der Waals surface area contributed by atoms with Crippen LogP contribution in [0.2, 0.25) is 0 Å². The molecule has 2 rings (SSSR count). The zero-order valence-corrected chi connectivity index (χ0v) is 16.2. The number of carbonyl (C=O) groups is 2. The van der Waals surface area contributed by atoms with Crippen molar-refractivity contribution in [1.82, 2.24) is 5.32 Å². The van der Waals surface area contributed by atoms with Crippen LogP contribution in [0.5, 0.6) is 0 Å². The lowest BCUT2D eigenvalue weighted by atomic mass is 10.0. The summed E-state index contributed by atoms with van der Waals surface area (Å²) in [6.45, 7) is 0. The lowest BCUT2D eigenvalue weighted by Crippen LogP contribution is -2.31. The molecule has 0 heterocycles. The largest absolute Gasteiger partial charge is 0.469 e. The SMILES string of the molecule is COC(=O)CC(NC(=O)C(C#N)=Cc1ccc(N(C)C)cc1)c1ccccc1. The molecule has 2 aromatic carbocycles. The molecule has 0 spiro atoms. The number of methoxy groups -OCH3 is 1. The number of hydrogen-bond donors (Lipinski definition) is 1. The monoisotopic (exact) mass is 377 g/mol. The van der Waals surface area contributed by atoms with Gasteiger partial charge in [0.05, 0.1) is 19.6 Å². The van der Waals surface area contributed by atoms with Gasteiger partial charge in [-0.3, -0.25) is 9.59 Å². The number of anilines is 1. The summed E-state index contributed by atoms with van der Waals surface area (Å²) in [5.41, 5.74) is 2.47. The highest BCUT2D eigenvalue weighted by atomic mass is 16.5. The second kappa shape index (κ2) is 9.93. The van der Waals surface area contributed by atoms with Gasteiger partial charge in [-0.25, -0.2) is 0 Å². The molecule has 144 valence electrons. The molecule has 0 aromatic heterocycles. The summed E-state index contributed by atoms with van der Waals surface area (Å²) in [6, 6.07) is 17.9. The minimum atomic E-state index is -0.589. The Morgan fingerprint density at radius 3 is 2.32 bits per heavy atom. The number of nitriles is 1. The van der Waals surface area contributed by atoms with E-state index in [0.29, 0.717) is 0 Å². The molecule has 6 heteroatoms. The Bertz CT molecular complexity index is 881. The van der Waals surface area contributed by atoms with E-state index in [0.717, 1.165) is 16.8 Å². The van der Waals surface area contributed by atoms with Crippen LogP contribution in [0.4, 0.5) is 5.69 Å². The lowest BCUT2D eigenvalue weighted by Gasteiger charge is -2.18. The van der Waals surface area contributed by atoms with E-state index in [4.69, 9.17) is 4.74 Å². The van der Waals surface area contributed by atoms with Gasteiger partial charge in [-0.15, -0.1) is 0 Å². The smallest absolute Gasteiger partial charge is 0.307 e. The zero-order valence-electron chi connectivity index (χ0n) is 16.2. The van der Waals surface area contributed by atoms with E-state index >= 15 is 0 Å². The van der Waals surface area contributed by atoms with Crippen LogP contribution in [-0.4, -0.2) is 33.1 Å². The number of hydrogen-bond acceptors (Lipinski definition) is 5. The molecule has 0 aliphatic heterocycles. The predicted octanol–water partition coefficient (Wildman–Crippen LogP) is 3.08. The molecule has 0 saturated carbocycles. The first-order chi connectivity index (χ1) is 13.4. The molecule has 0 fully saturated rings. The molecule has 1 atom stereocenters. The van der Waals surface area contributed by atoms with E-state index < -0.39 is 17.9 Å². The van der Waals surface area contributed by atoms with Gasteiger partial charge in [-0.1, -0.05) is 42.5 Å².